The second-order valence-corrected chi connectivity index (χ2v) is 10.8. The zero-order chi connectivity index (χ0) is 19.0. The molecule has 0 radical (unpaired) electrons. The number of thioether (sulfide) groups is 2. The number of aromatic nitrogens is 4. The van der Waals surface area contributed by atoms with Crippen LogP contribution in [-0.2, 0) is 11.2 Å². The van der Waals surface area contributed by atoms with Crippen LogP contribution in [0.15, 0.2) is 16.4 Å². The summed E-state index contributed by atoms with van der Waals surface area (Å²) in [6.07, 6.45) is 6.15. The second-order valence-electron chi connectivity index (χ2n) is 7.18. The second kappa shape index (κ2) is 8.05. The molecule has 2 aromatic heterocycles. The molecule has 0 spiro atoms. The SMILES string of the molecule is CCc1nnc(NC(=O)C(C)Sc2ncnc3c2C2CCC(C)CC2S3)s1. The monoisotopic (exact) mass is 421 g/mol. The van der Waals surface area contributed by atoms with Crippen LogP contribution in [0.25, 0.3) is 0 Å². The molecule has 1 saturated carbocycles. The van der Waals surface area contributed by atoms with Gasteiger partial charge < -0.3 is 0 Å². The highest BCUT2D eigenvalue weighted by Gasteiger charge is 2.40. The lowest BCUT2D eigenvalue weighted by molar-refractivity contribution is -0.115. The zero-order valence-electron chi connectivity index (χ0n) is 15.6. The highest BCUT2D eigenvalue weighted by molar-refractivity contribution is 8.01. The summed E-state index contributed by atoms with van der Waals surface area (Å²) in [7, 11) is 0. The first-order valence-corrected chi connectivity index (χ1v) is 11.9. The number of carbonyl (C=O) groups is 1. The fourth-order valence-electron chi connectivity index (χ4n) is 3.68. The first-order chi connectivity index (χ1) is 13.0. The van der Waals surface area contributed by atoms with Crippen molar-refractivity contribution in [1.82, 2.24) is 20.2 Å². The van der Waals surface area contributed by atoms with Crippen LogP contribution in [0.5, 0.6) is 0 Å². The van der Waals surface area contributed by atoms with Gasteiger partial charge in [0.25, 0.3) is 0 Å². The molecule has 1 amide bonds. The van der Waals surface area contributed by atoms with Crippen molar-refractivity contribution in [1.29, 1.82) is 0 Å². The zero-order valence-corrected chi connectivity index (χ0v) is 18.1. The third kappa shape index (κ3) is 4.00. The molecule has 6 nitrogen and oxygen atoms in total. The van der Waals surface area contributed by atoms with Crippen molar-refractivity contribution in [2.45, 2.75) is 72.9 Å². The van der Waals surface area contributed by atoms with Crippen LogP contribution >= 0.6 is 34.9 Å². The lowest BCUT2D eigenvalue weighted by Crippen LogP contribution is -2.23. The number of nitrogens with one attached hydrogen (secondary N) is 1. The molecule has 2 aromatic rings. The number of rotatable bonds is 5. The van der Waals surface area contributed by atoms with E-state index in [-0.39, 0.29) is 11.2 Å². The summed E-state index contributed by atoms with van der Waals surface area (Å²) in [4.78, 5) is 21.7. The van der Waals surface area contributed by atoms with E-state index in [4.69, 9.17) is 0 Å². The molecule has 3 heterocycles. The Labute approximate surface area is 171 Å². The maximum absolute atomic E-state index is 12.6. The molecule has 27 heavy (non-hydrogen) atoms. The molecule has 0 bridgehead atoms. The Hall–Kier alpha value is -1.19. The normalized spacial score (nSPS) is 24.9. The standard InChI is InChI=1S/C18H23N5OS3/c1-4-13-22-23-18(27-13)21-15(24)10(3)25-16-14-11-6-5-9(2)7-12(11)26-17(14)20-8-19-16/h8-12H,4-7H2,1-3H3,(H,21,23,24). The molecule has 144 valence electrons. The molecule has 0 aromatic carbocycles. The summed E-state index contributed by atoms with van der Waals surface area (Å²) < 4.78 is 0. The third-order valence-corrected chi connectivity index (χ3v) is 8.63. The summed E-state index contributed by atoms with van der Waals surface area (Å²) in [6, 6.07) is 0. The van der Waals surface area contributed by atoms with Crippen LogP contribution in [0.1, 0.15) is 56.5 Å². The lowest BCUT2D eigenvalue weighted by Gasteiger charge is -2.29. The maximum atomic E-state index is 12.6. The molecule has 1 aliphatic carbocycles. The molecule has 4 atom stereocenters. The molecule has 4 rings (SSSR count). The Morgan fingerprint density at radius 3 is 3.00 bits per heavy atom. The average molecular weight is 422 g/mol. The van der Waals surface area contributed by atoms with Crippen LogP contribution in [-0.4, -0.2) is 36.6 Å². The Bertz CT molecular complexity index is 842. The van der Waals surface area contributed by atoms with E-state index in [1.807, 2.05) is 25.6 Å². The largest absolute Gasteiger partial charge is 0.300 e. The fourth-order valence-corrected chi connectivity index (χ4v) is 7.04. The van der Waals surface area contributed by atoms with Gasteiger partial charge in [-0.15, -0.1) is 22.0 Å². The summed E-state index contributed by atoms with van der Waals surface area (Å²) >= 11 is 4.85. The summed E-state index contributed by atoms with van der Waals surface area (Å²) in [5, 5.41) is 14.9. The summed E-state index contributed by atoms with van der Waals surface area (Å²) in [6.45, 7) is 6.28. The Kier molecular flexibility index (Phi) is 5.70. The summed E-state index contributed by atoms with van der Waals surface area (Å²) in [5.74, 6) is 1.24. The average Bonchev–Trinajstić information content (AvgIpc) is 3.25. The van der Waals surface area contributed by atoms with Crippen molar-refractivity contribution < 1.29 is 4.79 Å². The van der Waals surface area contributed by atoms with Crippen molar-refractivity contribution in [2.24, 2.45) is 5.92 Å². The molecule has 1 aliphatic heterocycles. The number of aryl methyl sites for hydroxylation is 1. The predicted molar refractivity (Wildman–Crippen MR) is 111 cm³/mol. The van der Waals surface area contributed by atoms with Crippen molar-refractivity contribution in [3.05, 3.63) is 16.9 Å². The van der Waals surface area contributed by atoms with Crippen molar-refractivity contribution in [2.75, 3.05) is 5.32 Å². The number of amides is 1. The van der Waals surface area contributed by atoms with Gasteiger partial charge in [-0.1, -0.05) is 43.4 Å². The van der Waals surface area contributed by atoms with Gasteiger partial charge >= 0.3 is 0 Å². The van der Waals surface area contributed by atoms with Crippen molar-refractivity contribution in [3.8, 4) is 0 Å². The number of anilines is 1. The van der Waals surface area contributed by atoms with Gasteiger partial charge in [-0.3, -0.25) is 10.1 Å². The van der Waals surface area contributed by atoms with Gasteiger partial charge in [0.1, 0.15) is 21.4 Å². The van der Waals surface area contributed by atoms with E-state index in [1.165, 1.54) is 47.9 Å². The molecule has 1 N–H and O–H groups in total. The van der Waals surface area contributed by atoms with Crippen LogP contribution in [0.2, 0.25) is 0 Å². The van der Waals surface area contributed by atoms with Gasteiger partial charge in [-0.2, -0.15) is 0 Å². The van der Waals surface area contributed by atoms with Crippen LogP contribution in [0.4, 0.5) is 5.13 Å². The number of hydrogen-bond acceptors (Lipinski definition) is 8. The summed E-state index contributed by atoms with van der Waals surface area (Å²) in [5.41, 5.74) is 1.27. The number of carbonyl (C=O) groups excluding carboxylic acids is 1. The molecular formula is C18H23N5OS3. The van der Waals surface area contributed by atoms with Crippen molar-refractivity contribution in [3.63, 3.8) is 0 Å². The van der Waals surface area contributed by atoms with Gasteiger partial charge in [0.2, 0.25) is 11.0 Å². The van der Waals surface area contributed by atoms with Crippen molar-refractivity contribution >= 4 is 45.9 Å². The van der Waals surface area contributed by atoms with E-state index in [2.05, 4.69) is 32.4 Å². The van der Waals surface area contributed by atoms with E-state index in [1.54, 1.807) is 6.33 Å². The van der Waals surface area contributed by atoms with E-state index in [0.717, 1.165) is 27.4 Å². The van der Waals surface area contributed by atoms with Gasteiger partial charge in [-0.25, -0.2) is 9.97 Å². The van der Waals surface area contributed by atoms with E-state index in [0.29, 0.717) is 16.3 Å². The minimum absolute atomic E-state index is 0.0642. The number of hydrogen-bond donors (Lipinski definition) is 1. The maximum Gasteiger partial charge on any atom is 0.239 e. The Morgan fingerprint density at radius 1 is 1.37 bits per heavy atom. The molecule has 0 saturated heterocycles. The molecule has 4 unspecified atom stereocenters. The van der Waals surface area contributed by atoms with E-state index in [9.17, 15) is 4.79 Å². The van der Waals surface area contributed by atoms with Crippen LogP contribution < -0.4 is 5.32 Å². The minimum Gasteiger partial charge on any atom is -0.300 e. The minimum atomic E-state index is -0.260. The molecule has 1 fully saturated rings. The van der Waals surface area contributed by atoms with Gasteiger partial charge in [0, 0.05) is 16.7 Å². The smallest absolute Gasteiger partial charge is 0.239 e. The Morgan fingerprint density at radius 2 is 2.22 bits per heavy atom. The van der Waals surface area contributed by atoms with Crippen LogP contribution in [0, 0.1) is 5.92 Å². The van der Waals surface area contributed by atoms with E-state index >= 15 is 0 Å². The third-order valence-electron chi connectivity index (χ3n) is 5.16. The van der Waals surface area contributed by atoms with Gasteiger partial charge in [-0.05, 0) is 32.1 Å². The van der Waals surface area contributed by atoms with E-state index < -0.39 is 0 Å². The molecular weight excluding hydrogens is 398 g/mol. The first kappa shape index (κ1) is 19.1. The lowest BCUT2D eigenvalue weighted by atomic mass is 9.80. The Balaban J connectivity index is 1.47. The van der Waals surface area contributed by atoms with Crippen LogP contribution in [0.3, 0.4) is 0 Å². The van der Waals surface area contributed by atoms with Gasteiger partial charge in [0.15, 0.2) is 0 Å². The first-order valence-electron chi connectivity index (χ1n) is 9.36. The molecule has 2 aliphatic rings. The van der Waals surface area contributed by atoms with Gasteiger partial charge in [0.05, 0.1) is 5.25 Å². The number of fused-ring (bicyclic) bond motifs is 3. The predicted octanol–water partition coefficient (Wildman–Crippen LogP) is 4.39. The number of nitrogens with zero attached hydrogens (tertiary/aromatic N) is 4. The highest BCUT2D eigenvalue weighted by Crippen LogP contribution is 2.54. The topological polar surface area (TPSA) is 80.7 Å². The molecule has 9 heteroatoms. The quantitative estimate of drug-likeness (QED) is 0.566. The fraction of sp³-hybridized carbons (Fsp3) is 0.611. The highest BCUT2D eigenvalue weighted by atomic mass is 32.2.